The Morgan fingerprint density at radius 1 is 1.29 bits per heavy atom. The molecule has 2 rings (SSSR count). The van der Waals surface area contributed by atoms with Crippen LogP contribution in [0.5, 0.6) is 11.5 Å². The summed E-state index contributed by atoms with van der Waals surface area (Å²) in [4.78, 5) is 18.7. The summed E-state index contributed by atoms with van der Waals surface area (Å²) in [6.07, 6.45) is 0.462. The maximum absolute atomic E-state index is 12.3. The number of rotatable bonds is 7. The molecule has 0 aliphatic rings. The topological polar surface area (TPSA) is 51.7 Å². The molecule has 130 valence electrons. The van der Waals surface area contributed by atoms with Gasteiger partial charge in [-0.1, -0.05) is 20.8 Å². The van der Waals surface area contributed by atoms with Gasteiger partial charge in [0.25, 0.3) is 0 Å². The first-order valence-electron chi connectivity index (χ1n) is 7.98. The summed E-state index contributed by atoms with van der Waals surface area (Å²) in [6.45, 7) is 6.72. The lowest BCUT2D eigenvalue weighted by Gasteiger charge is -2.21. The smallest absolute Gasteiger partial charge is 0.228 e. The van der Waals surface area contributed by atoms with Crippen LogP contribution in [0.2, 0.25) is 0 Å². The number of aromatic nitrogens is 1. The molecule has 0 bridgehead atoms. The Morgan fingerprint density at radius 2 is 2.04 bits per heavy atom. The van der Waals surface area contributed by atoms with E-state index in [0.717, 1.165) is 27.9 Å². The number of carbonyl (C=O) groups is 1. The minimum atomic E-state index is 0.0854. The summed E-state index contributed by atoms with van der Waals surface area (Å²) in [5, 5.41) is 2.67. The van der Waals surface area contributed by atoms with Gasteiger partial charge in [-0.15, -0.1) is 11.3 Å². The molecule has 1 aromatic carbocycles. The van der Waals surface area contributed by atoms with Crippen LogP contribution >= 0.6 is 11.3 Å². The van der Waals surface area contributed by atoms with Crippen molar-refractivity contribution in [3.63, 3.8) is 0 Å². The predicted molar refractivity (Wildman–Crippen MR) is 98.1 cm³/mol. The van der Waals surface area contributed by atoms with E-state index in [1.165, 1.54) is 11.3 Å². The largest absolute Gasteiger partial charge is 0.497 e. The molecular formula is C18H24N2O3S. The van der Waals surface area contributed by atoms with Gasteiger partial charge in [-0.25, -0.2) is 4.98 Å². The SMILES string of the molecule is CCC(=O)N(CC(C)C)c1nc(-c2cc(OC)ccc2OC)cs1. The van der Waals surface area contributed by atoms with E-state index in [4.69, 9.17) is 9.47 Å². The molecule has 6 heteroatoms. The molecule has 0 fully saturated rings. The van der Waals surface area contributed by atoms with Gasteiger partial charge >= 0.3 is 0 Å². The molecular weight excluding hydrogens is 324 g/mol. The number of benzene rings is 1. The fraction of sp³-hybridized carbons (Fsp3) is 0.444. The second-order valence-electron chi connectivity index (χ2n) is 5.83. The van der Waals surface area contributed by atoms with Crippen molar-refractivity contribution in [1.29, 1.82) is 0 Å². The van der Waals surface area contributed by atoms with Crippen molar-refractivity contribution < 1.29 is 14.3 Å². The summed E-state index contributed by atoms with van der Waals surface area (Å²) in [7, 11) is 3.26. The first-order chi connectivity index (χ1) is 11.5. The first kappa shape index (κ1) is 18.3. The second kappa shape index (κ2) is 8.15. The van der Waals surface area contributed by atoms with Gasteiger partial charge in [-0.3, -0.25) is 9.69 Å². The zero-order valence-corrected chi connectivity index (χ0v) is 15.6. The highest BCUT2D eigenvalue weighted by Crippen LogP contribution is 2.36. The van der Waals surface area contributed by atoms with Crippen LogP contribution in [0, 0.1) is 5.92 Å². The Labute approximate surface area is 147 Å². The minimum absolute atomic E-state index is 0.0854. The van der Waals surface area contributed by atoms with E-state index in [2.05, 4.69) is 18.8 Å². The van der Waals surface area contributed by atoms with E-state index >= 15 is 0 Å². The molecule has 1 aromatic heterocycles. The highest BCUT2D eigenvalue weighted by atomic mass is 32.1. The van der Waals surface area contributed by atoms with Crippen LogP contribution < -0.4 is 14.4 Å². The number of thiazole rings is 1. The maximum Gasteiger partial charge on any atom is 0.228 e. The van der Waals surface area contributed by atoms with Crippen molar-refractivity contribution in [3.8, 4) is 22.8 Å². The number of anilines is 1. The Bertz CT molecular complexity index is 697. The summed E-state index contributed by atoms with van der Waals surface area (Å²) < 4.78 is 10.7. The zero-order chi connectivity index (χ0) is 17.7. The standard InChI is InChI=1S/C18H24N2O3S/c1-6-17(21)20(10-12(2)3)18-19-15(11-24-18)14-9-13(22-4)7-8-16(14)23-5/h7-9,11-12H,6,10H2,1-5H3. The minimum Gasteiger partial charge on any atom is -0.497 e. The van der Waals surface area contributed by atoms with Gasteiger partial charge in [0.15, 0.2) is 5.13 Å². The van der Waals surface area contributed by atoms with Crippen LogP contribution in [0.1, 0.15) is 27.2 Å². The average Bonchev–Trinajstić information content (AvgIpc) is 3.07. The highest BCUT2D eigenvalue weighted by Gasteiger charge is 2.20. The van der Waals surface area contributed by atoms with Crippen LogP contribution in [-0.2, 0) is 4.79 Å². The zero-order valence-electron chi connectivity index (χ0n) is 14.8. The van der Waals surface area contributed by atoms with E-state index in [1.54, 1.807) is 19.1 Å². The van der Waals surface area contributed by atoms with Gasteiger partial charge in [0.1, 0.15) is 11.5 Å². The maximum atomic E-state index is 12.3. The van der Waals surface area contributed by atoms with Gasteiger partial charge in [0.2, 0.25) is 5.91 Å². The molecule has 0 atom stereocenters. The molecule has 0 aliphatic carbocycles. The molecule has 5 nitrogen and oxygen atoms in total. The molecule has 0 saturated carbocycles. The van der Waals surface area contributed by atoms with E-state index < -0.39 is 0 Å². The number of hydrogen-bond acceptors (Lipinski definition) is 5. The number of amides is 1. The lowest BCUT2D eigenvalue weighted by atomic mass is 10.1. The van der Waals surface area contributed by atoms with E-state index in [1.807, 2.05) is 30.5 Å². The van der Waals surface area contributed by atoms with Gasteiger partial charge < -0.3 is 9.47 Å². The van der Waals surface area contributed by atoms with Crippen LogP contribution in [0.15, 0.2) is 23.6 Å². The van der Waals surface area contributed by atoms with Gasteiger partial charge in [0.05, 0.1) is 19.9 Å². The molecule has 0 saturated heterocycles. The highest BCUT2D eigenvalue weighted by molar-refractivity contribution is 7.14. The molecule has 2 aromatic rings. The van der Waals surface area contributed by atoms with Crippen LogP contribution in [0.25, 0.3) is 11.3 Å². The third-order valence-corrected chi connectivity index (χ3v) is 4.42. The van der Waals surface area contributed by atoms with Gasteiger partial charge in [-0.2, -0.15) is 0 Å². The van der Waals surface area contributed by atoms with Crippen molar-refractivity contribution in [2.75, 3.05) is 25.7 Å². The van der Waals surface area contributed by atoms with Crippen molar-refractivity contribution in [2.24, 2.45) is 5.92 Å². The Morgan fingerprint density at radius 3 is 2.62 bits per heavy atom. The molecule has 0 unspecified atom stereocenters. The van der Waals surface area contributed by atoms with Crippen LogP contribution in [0.4, 0.5) is 5.13 Å². The third-order valence-electron chi connectivity index (χ3n) is 3.56. The Hall–Kier alpha value is -2.08. The summed E-state index contributed by atoms with van der Waals surface area (Å²) >= 11 is 1.47. The van der Waals surface area contributed by atoms with Gasteiger partial charge in [0, 0.05) is 23.9 Å². The lowest BCUT2D eigenvalue weighted by molar-refractivity contribution is -0.118. The van der Waals surface area contributed by atoms with Crippen molar-refractivity contribution in [1.82, 2.24) is 4.98 Å². The number of nitrogens with zero attached hydrogens (tertiary/aromatic N) is 2. The number of carbonyl (C=O) groups excluding carboxylic acids is 1. The van der Waals surface area contributed by atoms with E-state index in [-0.39, 0.29) is 5.91 Å². The number of hydrogen-bond donors (Lipinski definition) is 0. The lowest BCUT2D eigenvalue weighted by Crippen LogP contribution is -2.33. The molecule has 1 heterocycles. The molecule has 0 aliphatic heterocycles. The molecule has 24 heavy (non-hydrogen) atoms. The predicted octanol–water partition coefficient (Wildman–Crippen LogP) is 4.23. The molecule has 0 radical (unpaired) electrons. The monoisotopic (exact) mass is 348 g/mol. The van der Waals surface area contributed by atoms with Crippen molar-refractivity contribution in [3.05, 3.63) is 23.6 Å². The number of methoxy groups -OCH3 is 2. The number of ether oxygens (including phenoxy) is 2. The average molecular weight is 348 g/mol. The molecule has 1 amide bonds. The fourth-order valence-electron chi connectivity index (χ4n) is 2.37. The molecule has 0 N–H and O–H groups in total. The Kier molecular flexibility index (Phi) is 6.20. The Balaban J connectivity index is 2.40. The van der Waals surface area contributed by atoms with Crippen LogP contribution in [0.3, 0.4) is 0 Å². The first-order valence-corrected chi connectivity index (χ1v) is 8.86. The van der Waals surface area contributed by atoms with E-state index in [9.17, 15) is 4.79 Å². The quantitative estimate of drug-likeness (QED) is 0.751. The van der Waals surface area contributed by atoms with Crippen molar-refractivity contribution >= 4 is 22.4 Å². The van der Waals surface area contributed by atoms with E-state index in [0.29, 0.717) is 18.9 Å². The summed E-state index contributed by atoms with van der Waals surface area (Å²) in [5.74, 6) is 1.93. The van der Waals surface area contributed by atoms with Crippen molar-refractivity contribution in [2.45, 2.75) is 27.2 Å². The normalized spacial score (nSPS) is 10.8. The summed E-state index contributed by atoms with van der Waals surface area (Å²) in [5.41, 5.74) is 1.64. The third kappa shape index (κ3) is 4.06. The second-order valence-corrected chi connectivity index (χ2v) is 6.67. The van der Waals surface area contributed by atoms with Crippen LogP contribution in [-0.4, -0.2) is 31.7 Å². The fourth-order valence-corrected chi connectivity index (χ4v) is 3.22. The molecule has 0 spiro atoms. The van der Waals surface area contributed by atoms with Gasteiger partial charge in [-0.05, 0) is 24.1 Å². The summed E-state index contributed by atoms with van der Waals surface area (Å²) in [6, 6.07) is 5.60.